The summed E-state index contributed by atoms with van der Waals surface area (Å²) in [6.45, 7) is 2.73. The van der Waals surface area contributed by atoms with Crippen molar-refractivity contribution in [1.29, 1.82) is 0 Å². The summed E-state index contributed by atoms with van der Waals surface area (Å²) in [5.74, 6) is 0. The highest BCUT2D eigenvalue weighted by atomic mass is 79.9. The van der Waals surface area contributed by atoms with Crippen molar-refractivity contribution >= 4 is 37.5 Å². The van der Waals surface area contributed by atoms with E-state index in [1.54, 1.807) is 0 Å². The minimum absolute atomic E-state index is 0.423. The van der Waals surface area contributed by atoms with Crippen molar-refractivity contribution in [3.05, 3.63) is 26.6 Å². The largest absolute Gasteiger partial charge is 0.384 e. The van der Waals surface area contributed by atoms with Crippen LogP contribution in [0.1, 0.15) is 24.4 Å². The second kappa shape index (κ2) is 6.18. The van der Waals surface area contributed by atoms with Crippen molar-refractivity contribution in [3.8, 4) is 0 Å². The van der Waals surface area contributed by atoms with Gasteiger partial charge >= 0.3 is 0 Å². The normalized spacial score (nSPS) is 18.6. The molecule has 0 unspecified atom stereocenters. The van der Waals surface area contributed by atoms with Crippen LogP contribution in [0.25, 0.3) is 0 Å². The van der Waals surface area contributed by atoms with E-state index in [1.165, 1.54) is 11.3 Å². The number of hydrogen-bond donors (Lipinski definition) is 3. The Hall–Kier alpha value is -0.100. The molecule has 0 aliphatic carbocycles. The molecule has 1 heterocycles. The van der Waals surface area contributed by atoms with Gasteiger partial charge in [-0.3, -0.25) is 0 Å². The van der Waals surface area contributed by atoms with Crippen molar-refractivity contribution in [2.75, 3.05) is 25.0 Å². The third-order valence-electron chi connectivity index (χ3n) is 2.97. The van der Waals surface area contributed by atoms with Gasteiger partial charge in [-0.25, -0.2) is 0 Å². The number of benzene rings is 1. The molecule has 0 bridgehead atoms. The fraction of sp³-hybridized carbons (Fsp3) is 0.500. The fourth-order valence-corrected chi connectivity index (χ4v) is 3.54. The number of fused-ring (bicyclic) bond motifs is 1. The number of halogens is 2. The van der Waals surface area contributed by atoms with E-state index in [9.17, 15) is 0 Å². The molecule has 1 aromatic rings. The molecule has 5 heteroatoms. The highest BCUT2D eigenvalue weighted by molar-refractivity contribution is 9.11. The Labute approximate surface area is 119 Å². The van der Waals surface area contributed by atoms with Crippen LogP contribution >= 0.6 is 31.9 Å². The summed E-state index contributed by atoms with van der Waals surface area (Å²) in [4.78, 5) is 0. The van der Waals surface area contributed by atoms with Crippen LogP contribution in [0.15, 0.2) is 21.1 Å². The highest BCUT2D eigenvalue weighted by Gasteiger charge is 2.21. The molecule has 17 heavy (non-hydrogen) atoms. The third-order valence-corrected chi connectivity index (χ3v) is 4.05. The Balaban J connectivity index is 2.18. The molecule has 94 valence electrons. The maximum absolute atomic E-state index is 5.52. The Morgan fingerprint density at radius 2 is 2.24 bits per heavy atom. The molecule has 0 aromatic heterocycles. The van der Waals surface area contributed by atoms with Crippen molar-refractivity contribution in [2.45, 2.75) is 18.9 Å². The summed E-state index contributed by atoms with van der Waals surface area (Å²) in [7, 11) is 0. The maximum atomic E-state index is 5.52. The Morgan fingerprint density at radius 1 is 1.41 bits per heavy atom. The van der Waals surface area contributed by atoms with Gasteiger partial charge in [0.2, 0.25) is 0 Å². The van der Waals surface area contributed by atoms with E-state index in [0.717, 1.165) is 41.4 Å². The fourth-order valence-electron chi connectivity index (χ4n) is 2.14. The van der Waals surface area contributed by atoms with Crippen molar-refractivity contribution in [2.24, 2.45) is 5.73 Å². The molecule has 0 radical (unpaired) electrons. The molecule has 4 N–H and O–H groups in total. The lowest BCUT2D eigenvalue weighted by molar-refractivity contribution is 0.495. The summed E-state index contributed by atoms with van der Waals surface area (Å²) in [6.07, 6.45) is 2.13. The van der Waals surface area contributed by atoms with E-state index >= 15 is 0 Å². The molecule has 1 aliphatic heterocycles. The van der Waals surface area contributed by atoms with Gasteiger partial charge in [-0.1, -0.05) is 15.9 Å². The minimum atomic E-state index is 0.423. The Bertz CT molecular complexity index is 396. The first-order valence-electron chi connectivity index (χ1n) is 5.88. The highest BCUT2D eigenvalue weighted by Crippen LogP contribution is 2.37. The number of rotatable bonds is 4. The van der Waals surface area contributed by atoms with E-state index in [4.69, 9.17) is 5.73 Å². The summed E-state index contributed by atoms with van der Waals surface area (Å²) < 4.78 is 2.23. The van der Waals surface area contributed by atoms with Crippen LogP contribution in [0.4, 0.5) is 5.69 Å². The van der Waals surface area contributed by atoms with Crippen LogP contribution in [0.5, 0.6) is 0 Å². The number of anilines is 1. The van der Waals surface area contributed by atoms with Crippen LogP contribution in [0.3, 0.4) is 0 Å². The molecule has 1 aliphatic rings. The van der Waals surface area contributed by atoms with E-state index in [2.05, 4.69) is 54.6 Å². The maximum Gasteiger partial charge on any atom is 0.0533 e. The molecular formula is C12H17Br2N3. The molecule has 0 amide bonds. The molecule has 2 rings (SSSR count). The molecule has 1 atom stereocenters. The molecule has 3 nitrogen and oxygen atoms in total. The smallest absolute Gasteiger partial charge is 0.0533 e. The van der Waals surface area contributed by atoms with Gasteiger partial charge in [0.15, 0.2) is 0 Å². The molecular weight excluding hydrogens is 346 g/mol. The van der Waals surface area contributed by atoms with Crippen LogP contribution in [-0.4, -0.2) is 19.6 Å². The van der Waals surface area contributed by atoms with Crippen LogP contribution < -0.4 is 16.4 Å². The predicted octanol–water partition coefficient (Wildman–Crippen LogP) is 3.01. The minimum Gasteiger partial charge on any atom is -0.384 e. The molecule has 1 aromatic carbocycles. The second-order valence-electron chi connectivity index (χ2n) is 4.22. The van der Waals surface area contributed by atoms with Crippen molar-refractivity contribution in [3.63, 3.8) is 0 Å². The van der Waals surface area contributed by atoms with E-state index in [0.29, 0.717) is 6.04 Å². The predicted molar refractivity (Wildman–Crippen MR) is 79.4 cm³/mol. The lowest BCUT2D eigenvalue weighted by Gasteiger charge is -2.28. The first-order valence-corrected chi connectivity index (χ1v) is 7.47. The second-order valence-corrected chi connectivity index (χ2v) is 5.99. The number of hydrogen-bond acceptors (Lipinski definition) is 3. The van der Waals surface area contributed by atoms with Gasteiger partial charge in [0.1, 0.15) is 0 Å². The lowest BCUT2D eigenvalue weighted by atomic mass is 9.98. The average molecular weight is 363 g/mol. The van der Waals surface area contributed by atoms with Crippen molar-refractivity contribution < 1.29 is 0 Å². The van der Waals surface area contributed by atoms with Crippen molar-refractivity contribution in [1.82, 2.24) is 5.32 Å². The van der Waals surface area contributed by atoms with Gasteiger partial charge < -0.3 is 16.4 Å². The van der Waals surface area contributed by atoms with Gasteiger partial charge in [0.25, 0.3) is 0 Å². The van der Waals surface area contributed by atoms with Crippen LogP contribution in [0, 0.1) is 0 Å². The zero-order chi connectivity index (χ0) is 12.3. The van der Waals surface area contributed by atoms with Gasteiger partial charge in [-0.15, -0.1) is 0 Å². The number of nitrogens with two attached hydrogens (primary N) is 1. The SMILES string of the molecule is NCCCN[C@@H]1CCNc2c(Br)cc(Br)cc21. The molecule has 0 spiro atoms. The summed E-state index contributed by atoms with van der Waals surface area (Å²) in [5, 5.41) is 7.02. The summed E-state index contributed by atoms with van der Waals surface area (Å²) in [5.41, 5.74) is 8.06. The van der Waals surface area contributed by atoms with Crippen LogP contribution in [0.2, 0.25) is 0 Å². The van der Waals surface area contributed by atoms with Gasteiger partial charge in [0, 0.05) is 21.5 Å². The number of nitrogens with one attached hydrogen (secondary N) is 2. The topological polar surface area (TPSA) is 50.1 Å². The lowest BCUT2D eigenvalue weighted by Crippen LogP contribution is -2.30. The Kier molecular flexibility index (Phi) is 4.85. The standard InChI is InChI=1S/C12H17Br2N3/c13-8-6-9-11(16-4-1-3-15)2-5-17-12(9)10(14)7-8/h6-7,11,16-17H,1-5,15H2/t11-/m1/s1. The van der Waals surface area contributed by atoms with E-state index in [-0.39, 0.29) is 0 Å². The quantitative estimate of drug-likeness (QED) is 0.721. The van der Waals surface area contributed by atoms with Gasteiger partial charge in [0.05, 0.1) is 5.69 Å². The van der Waals surface area contributed by atoms with Gasteiger partial charge in [-0.2, -0.15) is 0 Å². The zero-order valence-electron chi connectivity index (χ0n) is 9.60. The monoisotopic (exact) mass is 361 g/mol. The molecule has 0 saturated carbocycles. The van der Waals surface area contributed by atoms with Crippen LogP contribution in [-0.2, 0) is 0 Å². The first-order chi connectivity index (χ1) is 8.22. The molecule has 0 saturated heterocycles. The first kappa shape index (κ1) is 13.3. The zero-order valence-corrected chi connectivity index (χ0v) is 12.8. The van der Waals surface area contributed by atoms with Gasteiger partial charge in [-0.05, 0) is 59.6 Å². The summed E-state index contributed by atoms with van der Waals surface area (Å²) >= 11 is 7.15. The van der Waals surface area contributed by atoms with E-state index in [1.807, 2.05) is 0 Å². The van der Waals surface area contributed by atoms with E-state index < -0.39 is 0 Å². The average Bonchev–Trinajstić information content (AvgIpc) is 2.30. The summed E-state index contributed by atoms with van der Waals surface area (Å²) in [6, 6.07) is 4.69. The Morgan fingerprint density at radius 3 is 3.00 bits per heavy atom. The third kappa shape index (κ3) is 3.22. The molecule has 0 fully saturated rings.